The van der Waals surface area contributed by atoms with Crippen LogP contribution in [-0.4, -0.2) is 57.0 Å². The molecule has 1 aliphatic rings. The Hall–Kier alpha value is -1.25. The van der Waals surface area contributed by atoms with Gasteiger partial charge in [-0.2, -0.15) is 0 Å². The fourth-order valence-electron chi connectivity index (χ4n) is 2.36. The van der Waals surface area contributed by atoms with Crippen molar-refractivity contribution in [3.8, 4) is 0 Å². The van der Waals surface area contributed by atoms with Crippen LogP contribution in [0.15, 0.2) is 12.4 Å². The Morgan fingerprint density at radius 3 is 2.85 bits per heavy atom. The summed E-state index contributed by atoms with van der Waals surface area (Å²) in [6.07, 6.45) is 3.53. The molecule has 1 fully saturated rings. The van der Waals surface area contributed by atoms with Crippen LogP contribution in [0.1, 0.15) is 12.1 Å². The fraction of sp³-hybridized carbons (Fsp3) is 0.667. The molecule has 1 aliphatic heterocycles. The molecule has 7 nitrogen and oxygen atoms in total. The number of nitrogens with zero attached hydrogens (tertiary/aromatic N) is 3. The summed E-state index contributed by atoms with van der Waals surface area (Å²) in [5, 5.41) is 0. The Bertz CT molecular complexity index is 564. The number of hydrogen-bond donors (Lipinski definition) is 1. The molecule has 0 spiro atoms. The van der Waals surface area contributed by atoms with Crippen molar-refractivity contribution in [1.29, 1.82) is 0 Å². The third-order valence-corrected chi connectivity index (χ3v) is 4.07. The van der Waals surface area contributed by atoms with E-state index in [1.165, 1.54) is 6.33 Å². The standard InChI is InChI=1S/C12H20N4O3S/c1-9-4-12(14-8-13-9)16-7-11(19-2)5-10(16)6-15-20(3,17)18/h4,8,10-11,15H,5-7H2,1-3H3/t10-,11-/m0/s1. The third-order valence-electron chi connectivity index (χ3n) is 3.37. The molecule has 2 atom stereocenters. The summed E-state index contributed by atoms with van der Waals surface area (Å²) in [7, 11) is -1.53. The van der Waals surface area contributed by atoms with E-state index in [1.54, 1.807) is 7.11 Å². The molecule has 0 bridgehead atoms. The third kappa shape index (κ3) is 3.87. The highest BCUT2D eigenvalue weighted by Crippen LogP contribution is 2.25. The second-order valence-electron chi connectivity index (χ2n) is 5.04. The zero-order chi connectivity index (χ0) is 14.8. The van der Waals surface area contributed by atoms with Gasteiger partial charge in [-0.05, 0) is 13.3 Å². The first-order chi connectivity index (χ1) is 9.39. The molecule has 2 heterocycles. The quantitative estimate of drug-likeness (QED) is 0.819. The van der Waals surface area contributed by atoms with Crippen molar-refractivity contribution in [2.24, 2.45) is 0 Å². The number of ether oxygens (including phenoxy) is 1. The number of rotatable bonds is 5. The van der Waals surface area contributed by atoms with Crippen molar-refractivity contribution in [3.05, 3.63) is 18.1 Å². The summed E-state index contributed by atoms with van der Waals surface area (Å²) in [6, 6.07) is 1.93. The number of anilines is 1. The average Bonchev–Trinajstić information content (AvgIpc) is 2.79. The van der Waals surface area contributed by atoms with Crippen LogP contribution in [0, 0.1) is 6.92 Å². The van der Waals surface area contributed by atoms with Crippen molar-refractivity contribution in [2.75, 3.05) is 31.4 Å². The summed E-state index contributed by atoms with van der Waals surface area (Å²) in [5.41, 5.74) is 0.880. The van der Waals surface area contributed by atoms with Gasteiger partial charge in [-0.15, -0.1) is 0 Å². The summed E-state index contributed by atoms with van der Waals surface area (Å²) < 4.78 is 30.4. The number of nitrogens with one attached hydrogen (secondary N) is 1. The van der Waals surface area contributed by atoms with Crippen molar-refractivity contribution >= 4 is 15.8 Å². The predicted molar refractivity (Wildman–Crippen MR) is 76.2 cm³/mol. The maximum absolute atomic E-state index is 11.2. The van der Waals surface area contributed by atoms with E-state index in [0.717, 1.165) is 24.2 Å². The van der Waals surface area contributed by atoms with E-state index in [1.807, 2.05) is 13.0 Å². The summed E-state index contributed by atoms with van der Waals surface area (Å²) >= 11 is 0. The van der Waals surface area contributed by atoms with E-state index < -0.39 is 10.0 Å². The Morgan fingerprint density at radius 2 is 2.25 bits per heavy atom. The van der Waals surface area contributed by atoms with Crippen LogP contribution in [-0.2, 0) is 14.8 Å². The predicted octanol–water partition coefficient (Wildman–Crippen LogP) is -0.0721. The van der Waals surface area contributed by atoms with Crippen LogP contribution in [0.5, 0.6) is 0 Å². The number of aryl methyl sites for hydroxylation is 1. The van der Waals surface area contributed by atoms with Gasteiger partial charge >= 0.3 is 0 Å². The van der Waals surface area contributed by atoms with Gasteiger partial charge in [-0.25, -0.2) is 23.1 Å². The van der Waals surface area contributed by atoms with E-state index in [-0.39, 0.29) is 12.1 Å². The first-order valence-corrected chi connectivity index (χ1v) is 8.31. The molecule has 1 aromatic heterocycles. The average molecular weight is 300 g/mol. The Labute approximate surface area is 119 Å². The zero-order valence-electron chi connectivity index (χ0n) is 11.9. The molecular formula is C12H20N4O3S. The van der Waals surface area contributed by atoms with Gasteiger partial charge in [-0.1, -0.05) is 0 Å². The van der Waals surface area contributed by atoms with Crippen LogP contribution >= 0.6 is 0 Å². The molecule has 1 saturated heterocycles. The second-order valence-corrected chi connectivity index (χ2v) is 6.87. The monoisotopic (exact) mass is 300 g/mol. The molecule has 0 aromatic carbocycles. The lowest BCUT2D eigenvalue weighted by molar-refractivity contribution is 0.118. The van der Waals surface area contributed by atoms with Gasteiger partial charge in [0.15, 0.2) is 0 Å². The minimum absolute atomic E-state index is 0.0315. The van der Waals surface area contributed by atoms with Gasteiger partial charge < -0.3 is 9.64 Å². The zero-order valence-corrected chi connectivity index (χ0v) is 12.7. The molecule has 112 valence electrons. The minimum atomic E-state index is -3.20. The molecule has 0 radical (unpaired) electrons. The van der Waals surface area contributed by atoms with E-state index >= 15 is 0 Å². The molecule has 1 aromatic rings. The van der Waals surface area contributed by atoms with Crippen molar-refractivity contribution in [1.82, 2.24) is 14.7 Å². The first kappa shape index (κ1) is 15.1. The van der Waals surface area contributed by atoms with E-state index in [4.69, 9.17) is 4.74 Å². The van der Waals surface area contributed by atoms with Crippen LogP contribution in [0.3, 0.4) is 0 Å². The number of methoxy groups -OCH3 is 1. The summed E-state index contributed by atoms with van der Waals surface area (Å²) in [4.78, 5) is 10.4. The normalized spacial score (nSPS) is 23.2. The molecule has 2 rings (SSSR count). The number of aromatic nitrogens is 2. The van der Waals surface area contributed by atoms with Crippen LogP contribution in [0.25, 0.3) is 0 Å². The van der Waals surface area contributed by atoms with Crippen LogP contribution in [0.2, 0.25) is 0 Å². The smallest absolute Gasteiger partial charge is 0.208 e. The van der Waals surface area contributed by atoms with Crippen molar-refractivity contribution < 1.29 is 13.2 Å². The number of sulfonamides is 1. The molecule has 8 heteroatoms. The Balaban J connectivity index is 2.15. The van der Waals surface area contributed by atoms with Gasteiger partial charge in [0.1, 0.15) is 12.1 Å². The first-order valence-electron chi connectivity index (χ1n) is 6.42. The largest absolute Gasteiger partial charge is 0.380 e. The highest BCUT2D eigenvalue weighted by molar-refractivity contribution is 7.88. The van der Waals surface area contributed by atoms with Crippen molar-refractivity contribution in [3.63, 3.8) is 0 Å². The van der Waals surface area contributed by atoms with E-state index in [9.17, 15) is 8.42 Å². The molecule has 1 N–H and O–H groups in total. The summed E-state index contributed by atoms with van der Waals surface area (Å²) in [6.45, 7) is 2.95. The van der Waals surface area contributed by atoms with Gasteiger partial charge in [0.05, 0.1) is 12.4 Å². The maximum atomic E-state index is 11.2. The SMILES string of the molecule is CO[C@H]1C[C@@H](CNS(C)(=O)=O)N(c2cc(C)ncn2)C1. The minimum Gasteiger partial charge on any atom is -0.380 e. The second kappa shape index (κ2) is 6.02. The molecule has 0 saturated carbocycles. The Kier molecular flexibility index (Phi) is 4.56. The molecule has 20 heavy (non-hydrogen) atoms. The lowest BCUT2D eigenvalue weighted by Crippen LogP contribution is -2.40. The highest BCUT2D eigenvalue weighted by Gasteiger charge is 2.33. The van der Waals surface area contributed by atoms with Crippen molar-refractivity contribution in [2.45, 2.75) is 25.5 Å². The van der Waals surface area contributed by atoms with Gasteiger partial charge in [0.25, 0.3) is 0 Å². The highest BCUT2D eigenvalue weighted by atomic mass is 32.2. The lowest BCUT2D eigenvalue weighted by Gasteiger charge is -2.25. The van der Waals surface area contributed by atoms with Gasteiger partial charge in [0, 0.05) is 38.0 Å². The Morgan fingerprint density at radius 1 is 1.50 bits per heavy atom. The lowest BCUT2D eigenvalue weighted by atomic mass is 10.2. The molecule has 0 unspecified atom stereocenters. The fourth-order valence-corrected chi connectivity index (χ4v) is 2.86. The maximum Gasteiger partial charge on any atom is 0.208 e. The topological polar surface area (TPSA) is 84.4 Å². The molecule has 0 aliphatic carbocycles. The van der Waals surface area contributed by atoms with E-state index in [2.05, 4.69) is 19.6 Å². The van der Waals surface area contributed by atoms with Gasteiger partial charge in [-0.3, -0.25) is 0 Å². The van der Waals surface area contributed by atoms with E-state index in [0.29, 0.717) is 13.1 Å². The molecular weight excluding hydrogens is 280 g/mol. The summed E-state index contributed by atoms with van der Waals surface area (Å²) in [5.74, 6) is 0.803. The number of hydrogen-bond acceptors (Lipinski definition) is 6. The van der Waals surface area contributed by atoms with Crippen LogP contribution < -0.4 is 9.62 Å². The molecule has 0 amide bonds. The van der Waals surface area contributed by atoms with Gasteiger partial charge in [0.2, 0.25) is 10.0 Å². The van der Waals surface area contributed by atoms with Crippen LogP contribution in [0.4, 0.5) is 5.82 Å².